The van der Waals surface area contributed by atoms with Crippen LogP contribution in [0.15, 0.2) is 30.6 Å². The van der Waals surface area contributed by atoms with Crippen molar-refractivity contribution >= 4 is 11.6 Å². The fourth-order valence-corrected chi connectivity index (χ4v) is 1.91. The van der Waals surface area contributed by atoms with E-state index in [1.54, 1.807) is 36.5 Å². The first kappa shape index (κ1) is 13.1. The van der Waals surface area contributed by atoms with Gasteiger partial charge in [-0.3, -0.25) is 15.7 Å². The number of H-pyrrole nitrogens is 1. The number of hydrazine groups is 1. The molecule has 0 aliphatic rings. The fourth-order valence-electron chi connectivity index (χ4n) is 1.91. The summed E-state index contributed by atoms with van der Waals surface area (Å²) in [5.41, 5.74) is 5.87. The number of aryl methyl sites for hydroxylation is 1. The quantitative estimate of drug-likeness (QED) is 0.570. The molecule has 0 fully saturated rings. The third-order valence-electron chi connectivity index (χ3n) is 2.94. The molecule has 2 rings (SSSR count). The Morgan fingerprint density at radius 3 is 2.89 bits per heavy atom. The number of nitrogens with one attached hydrogen (secondary N) is 2. The summed E-state index contributed by atoms with van der Waals surface area (Å²) in [4.78, 5) is 14.0. The Hall–Kier alpha value is -2.34. The Labute approximate surface area is 111 Å². The Balaban J connectivity index is 2.14. The second-order valence-electron chi connectivity index (χ2n) is 4.44. The highest BCUT2D eigenvalue weighted by Gasteiger charge is 2.14. The van der Waals surface area contributed by atoms with Gasteiger partial charge in [0.25, 0.3) is 5.91 Å². The predicted octanol–water partition coefficient (Wildman–Crippen LogP) is 1.28. The average Bonchev–Trinajstić information content (AvgIpc) is 2.90. The van der Waals surface area contributed by atoms with Gasteiger partial charge in [-0.1, -0.05) is 0 Å². The molecule has 1 heterocycles. The van der Waals surface area contributed by atoms with Crippen molar-refractivity contribution in [3.8, 4) is 0 Å². The van der Waals surface area contributed by atoms with Crippen molar-refractivity contribution in [2.45, 2.75) is 13.5 Å². The second kappa shape index (κ2) is 5.53. The first-order chi connectivity index (χ1) is 9.11. The van der Waals surface area contributed by atoms with Crippen molar-refractivity contribution in [3.05, 3.63) is 47.3 Å². The molecule has 1 aromatic heterocycles. The van der Waals surface area contributed by atoms with Gasteiger partial charge in [-0.15, -0.1) is 0 Å². The van der Waals surface area contributed by atoms with E-state index in [4.69, 9.17) is 5.84 Å². The summed E-state index contributed by atoms with van der Waals surface area (Å²) in [6.45, 7) is 2.41. The maximum atomic E-state index is 12.3. The number of rotatable bonds is 4. The number of nitrogens with two attached hydrogens (primary N) is 1. The van der Waals surface area contributed by atoms with Gasteiger partial charge in [0, 0.05) is 36.6 Å². The van der Waals surface area contributed by atoms with Gasteiger partial charge < -0.3 is 10.3 Å². The van der Waals surface area contributed by atoms with Crippen molar-refractivity contribution in [3.63, 3.8) is 0 Å². The summed E-state index contributed by atoms with van der Waals surface area (Å²) >= 11 is 0. The number of hydrogen-bond acceptors (Lipinski definition) is 4. The van der Waals surface area contributed by atoms with E-state index in [2.05, 4.69) is 15.6 Å². The second-order valence-corrected chi connectivity index (χ2v) is 4.44. The lowest BCUT2D eigenvalue weighted by Gasteiger charge is -2.18. The molecule has 0 bridgehead atoms. The van der Waals surface area contributed by atoms with Crippen molar-refractivity contribution in [2.24, 2.45) is 5.84 Å². The molecule has 4 N–H and O–H groups in total. The van der Waals surface area contributed by atoms with Gasteiger partial charge in [0.05, 0.1) is 6.20 Å². The average molecular weight is 259 g/mol. The van der Waals surface area contributed by atoms with Crippen LogP contribution >= 0.6 is 0 Å². The van der Waals surface area contributed by atoms with Crippen LogP contribution in [0.4, 0.5) is 5.69 Å². The molecule has 6 heteroatoms. The molecule has 0 unspecified atom stereocenters. The van der Waals surface area contributed by atoms with Gasteiger partial charge in [-0.2, -0.15) is 5.10 Å². The number of nitrogen functional groups attached to an aromatic ring is 1. The number of carbonyl (C=O) groups excluding carboxylic acids is 1. The van der Waals surface area contributed by atoms with E-state index in [9.17, 15) is 4.79 Å². The van der Waals surface area contributed by atoms with Crippen LogP contribution in [0, 0.1) is 6.92 Å². The molecule has 19 heavy (non-hydrogen) atoms. The molecule has 0 aliphatic heterocycles. The van der Waals surface area contributed by atoms with E-state index in [-0.39, 0.29) is 5.91 Å². The number of amides is 1. The standard InChI is InChI=1S/C13H17N5O/c1-9-5-11(17-14)3-4-12(9)13(19)18(2)8-10-6-15-16-7-10/h3-7,17H,8,14H2,1-2H3,(H,15,16). The van der Waals surface area contributed by atoms with E-state index in [1.807, 2.05) is 13.0 Å². The lowest BCUT2D eigenvalue weighted by Crippen LogP contribution is -2.26. The lowest BCUT2D eigenvalue weighted by molar-refractivity contribution is 0.0784. The predicted molar refractivity (Wildman–Crippen MR) is 73.4 cm³/mol. The van der Waals surface area contributed by atoms with Crippen molar-refractivity contribution < 1.29 is 4.79 Å². The maximum Gasteiger partial charge on any atom is 0.254 e. The zero-order chi connectivity index (χ0) is 13.8. The maximum absolute atomic E-state index is 12.3. The highest BCUT2D eigenvalue weighted by atomic mass is 16.2. The largest absolute Gasteiger partial charge is 0.337 e. The summed E-state index contributed by atoms with van der Waals surface area (Å²) in [6, 6.07) is 5.41. The third-order valence-corrected chi connectivity index (χ3v) is 2.94. The smallest absolute Gasteiger partial charge is 0.254 e. The molecule has 0 saturated carbocycles. The molecule has 1 amide bonds. The molecular weight excluding hydrogens is 242 g/mol. The van der Waals surface area contributed by atoms with E-state index in [0.717, 1.165) is 16.8 Å². The van der Waals surface area contributed by atoms with Crippen molar-refractivity contribution in [2.75, 3.05) is 12.5 Å². The van der Waals surface area contributed by atoms with Crippen LogP contribution in [0.3, 0.4) is 0 Å². The molecule has 0 atom stereocenters. The first-order valence-electron chi connectivity index (χ1n) is 5.92. The molecule has 2 aromatic rings. The summed E-state index contributed by atoms with van der Waals surface area (Å²) in [6.07, 6.45) is 3.48. The molecule has 0 spiro atoms. The molecule has 0 radical (unpaired) electrons. The van der Waals surface area contributed by atoms with Gasteiger partial charge in [0.2, 0.25) is 0 Å². The summed E-state index contributed by atoms with van der Waals surface area (Å²) in [5.74, 6) is 5.31. The van der Waals surface area contributed by atoms with Crippen molar-refractivity contribution in [1.82, 2.24) is 15.1 Å². The highest BCUT2D eigenvalue weighted by molar-refractivity contribution is 5.95. The van der Waals surface area contributed by atoms with Gasteiger partial charge in [-0.05, 0) is 30.7 Å². The number of anilines is 1. The van der Waals surface area contributed by atoms with Crippen LogP contribution in [0.5, 0.6) is 0 Å². The lowest BCUT2D eigenvalue weighted by atomic mass is 10.1. The number of aromatic amines is 1. The molecule has 100 valence electrons. The topological polar surface area (TPSA) is 87.0 Å². The number of aromatic nitrogens is 2. The number of nitrogens with zero attached hydrogens (tertiary/aromatic N) is 2. The Morgan fingerprint density at radius 2 is 2.32 bits per heavy atom. The van der Waals surface area contributed by atoms with Crippen LogP contribution in [-0.4, -0.2) is 28.1 Å². The minimum Gasteiger partial charge on any atom is -0.337 e. The van der Waals surface area contributed by atoms with E-state index in [1.165, 1.54) is 0 Å². The number of hydrogen-bond donors (Lipinski definition) is 3. The van der Waals surface area contributed by atoms with E-state index in [0.29, 0.717) is 12.1 Å². The minimum absolute atomic E-state index is 0.0257. The summed E-state index contributed by atoms with van der Waals surface area (Å²) in [7, 11) is 1.77. The van der Waals surface area contributed by atoms with Crippen LogP contribution in [0.1, 0.15) is 21.5 Å². The number of carbonyl (C=O) groups is 1. The Bertz CT molecular complexity index is 564. The van der Waals surface area contributed by atoms with Crippen molar-refractivity contribution in [1.29, 1.82) is 0 Å². The van der Waals surface area contributed by atoms with Gasteiger partial charge in [0.1, 0.15) is 0 Å². The van der Waals surface area contributed by atoms with E-state index < -0.39 is 0 Å². The summed E-state index contributed by atoms with van der Waals surface area (Å²) < 4.78 is 0. The Kier molecular flexibility index (Phi) is 3.82. The molecule has 0 aliphatic carbocycles. The first-order valence-corrected chi connectivity index (χ1v) is 5.92. The van der Waals surface area contributed by atoms with E-state index >= 15 is 0 Å². The zero-order valence-corrected chi connectivity index (χ0v) is 11.0. The fraction of sp³-hybridized carbons (Fsp3) is 0.231. The van der Waals surface area contributed by atoms with Crippen LogP contribution < -0.4 is 11.3 Å². The zero-order valence-electron chi connectivity index (χ0n) is 11.0. The SMILES string of the molecule is Cc1cc(NN)ccc1C(=O)N(C)Cc1cn[nH]c1. The molecule has 1 aromatic carbocycles. The Morgan fingerprint density at radius 1 is 1.53 bits per heavy atom. The van der Waals surface area contributed by atoms with Crippen LogP contribution in [0.2, 0.25) is 0 Å². The normalized spacial score (nSPS) is 10.3. The monoisotopic (exact) mass is 259 g/mol. The molecular formula is C13H17N5O. The third kappa shape index (κ3) is 2.92. The van der Waals surface area contributed by atoms with Gasteiger partial charge >= 0.3 is 0 Å². The summed E-state index contributed by atoms with van der Waals surface area (Å²) in [5, 5.41) is 6.59. The van der Waals surface area contributed by atoms with Gasteiger partial charge in [-0.25, -0.2) is 0 Å². The molecule has 0 saturated heterocycles. The number of benzene rings is 1. The van der Waals surface area contributed by atoms with Crippen LogP contribution in [-0.2, 0) is 6.54 Å². The van der Waals surface area contributed by atoms with Gasteiger partial charge in [0.15, 0.2) is 0 Å². The molecule has 6 nitrogen and oxygen atoms in total. The minimum atomic E-state index is -0.0257. The van der Waals surface area contributed by atoms with Crippen LogP contribution in [0.25, 0.3) is 0 Å². The highest BCUT2D eigenvalue weighted by Crippen LogP contribution is 2.16.